The normalized spacial score (nSPS) is 12.9. The SMILES string of the molecule is Nc1nc2ncc([C@@H](O)CO)nc2c(=O)[nH]1. The molecule has 5 N–H and O–H groups in total. The van der Waals surface area contributed by atoms with Gasteiger partial charge in [0, 0.05) is 0 Å². The highest BCUT2D eigenvalue weighted by molar-refractivity contribution is 5.69. The fraction of sp³-hybridized carbons (Fsp3) is 0.250. The van der Waals surface area contributed by atoms with Gasteiger partial charge in [-0.15, -0.1) is 0 Å². The third-order valence-electron chi connectivity index (χ3n) is 1.97. The highest BCUT2D eigenvalue weighted by Crippen LogP contribution is 2.10. The number of nitrogens with zero attached hydrogens (tertiary/aromatic N) is 3. The molecular formula is C8H9N5O3. The van der Waals surface area contributed by atoms with Crippen LogP contribution in [0.1, 0.15) is 11.8 Å². The second kappa shape index (κ2) is 3.83. The number of rotatable bonds is 2. The zero-order valence-corrected chi connectivity index (χ0v) is 8.08. The van der Waals surface area contributed by atoms with Gasteiger partial charge in [-0.1, -0.05) is 0 Å². The van der Waals surface area contributed by atoms with Gasteiger partial charge >= 0.3 is 0 Å². The van der Waals surface area contributed by atoms with E-state index in [0.29, 0.717) is 0 Å². The molecule has 8 nitrogen and oxygen atoms in total. The maximum absolute atomic E-state index is 11.4. The first kappa shape index (κ1) is 10.5. The van der Waals surface area contributed by atoms with Crippen LogP contribution < -0.4 is 11.3 Å². The molecule has 0 saturated heterocycles. The minimum atomic E-state index is -1.17. The van der Waals surface area contributed by atoms with Crippen LogP contribution in [-0.4, -0.2) is 36.8 Å². The van der Waals surface area contributed by atoms with Crippen molar-refractivity contribution in [2.24, 2.45) is 0 Å². The molecule has 0 aromatic carbocycles. The second-order valence-corrected chi connectivity index (χ2v) is 3.12. The van der Waals surface area contributed by atoms with E-state index in [4.69, 9.17) is 10.8 Å². The number of H-pyrrole nitrogens is 1. The average molecular weight is 223 g/mol. The highest BCUT2D eigenvalue weighted by Gasteiger charge is 2.11. The number of fused-ring (bicyclic) bond motifs is 1. The summed E-state index contributed by atoms with van der Waals surface area (Å²) < 4.78 is 0. The Morgan fingerprint density at radius 1 is 1.50 bits per heavy atom. The molecule has 0 amide bonds. The van der Waals surface area contributed by atoms with Crippen LogP contribution in [0.3, 0.4) is 0 Å². The van der Waals surface area contributed by atoms with E-state index < -0.39 is 18.3 Å². The van der Waals surface area contributed by atoms with Gasteiger partial charge in [-0.05, 0) is 0 Å². The Morgan fingerprint density at radius 2 is 2.25 bits per heavy atom. The van der Waals surface area contributed by atoms with E-state index >= 15 is 0 Å². The van der Waals surface area contributed by atoms with Crippen molar-refractivity contribution in [3.05, 3.63) is 22.2 Å². The standard InChI is InChI=1S/C8H9N5O3/c9-8-12-6-5(7(16)13-8)11-3(1-10-6)4(15)2-14/h1,4,14-15H,2H2,(H3,9,10,12,13,16)/t4-/m0/s1. The molecule has 8 heteroatoms. The van der Waals surface area contributed by atoms with E-state index in [-0.39, 0.29) is 22.8 Å². The summed E-state index contributed by atoms with van der Waals surface area (Å²) in [5, 5.41) is 18.1. The number of aromatic nitrogens is 4. The van der Waals surface area contributed by atoms with Crippen LogP contribution in [-0.2, 0) is 0 Å². The largest absolute Gasteiger partial charge is 0.393 e. The van der Waals surface area contributed by atoms with Crippen LogP contribution in [0.15, 0.2) is 11.0 Å². The van der Waals surface area contributed by atoms with E-state index in [1.165, 1.54) is 6.20 Å². The molecule has 2 aromatic heterocycles. The Bertz CT molecular complexity index is 581. The zero-order chi connectivity index (χ0) is 11.7. The highest BCUT2D eigenvalue weighted by atomic mass is 16.3. The minimum Gasteiger partial charge on any atom is -0.393 e. The lowest BCUT2D eigenvalue weighted by Gasteiger charge is -2.05. The summed E-state index contributed by atoms with van der Waals surface area (Å²) in [5.41, 5.74) is 4.95. The lowest BCUT2D eigenvalue weighted by Crippen LogP contribution is -2.15. The summed E-state index contributed by atoms with van der Waals surface area (Å²) >= 11 is 0. The summed E-state index contributed by atoms with van der Waals surface area (Å²) in [7, 11) is 0. The number of aliphatic hydroxyl groups is 2. The van der Waals surface area contributed by atoms with Crippen LogP contribution >= 0.6 is 0 Å². The van der Waals surface area contributed by atoms with Crippen molar-refractivity contribution in [3.63, 3.8) is 0 Å². The number of aliphatic hydroxyl groups excluding tert-OH is 2. The summed E-state index contributed by atoms with van der Waals surface area (Å²) in [6, 6.07) is 0. The smallest absolute Gasteiger partial charge is 0.280 e. The molecule has 0 aliphatic rings. The van der Waals surface area contributed by atoms with E-state index in [2.05, 4.69) is 19.9 Å². The van der Waals surface area contributed by atoms with Crippen LogP contribution in [0, 0.1) is 0 Å². The lowest BCUT2D eigenvalue weighted by atomic mass is 10.3. The molecule has 0 aliphatic heterocycles. The number of nitrogens with two attached hydrogens (primary N) is 1. The molecule has 0 bridgehead atoms. The van der Waals surface area contributed by atoms with Crippen LogP contribution in [0.4, 0.5) is 5.95 Å². The number of aromatic amines is 1. The predicted octanol–water partition coefficient (Wildman–Crippen LogP) is -1.68. The van der Waals surface area contributed by atoms with Crippen molar-refractivity contribution in [1.29, 1.82) is 0 Å². The Morgan fingerprint density at radius 3 is 2.94 bits per heavy atom. The van der Waals surface area contributed by atoms with Crippen molar-refractivity contribution in [3.8, 4) is 0 Å². The Labute approximate surface area is 88.8 Å². The molecule has 2 rings (SSSR count). The molecule has 0 saturated carbocycles. The van der Waals surface area contributed by atoms with Gasteiger partial charge in [0.2, 0.25) is 5.95 Å². The molecule has 2 heterocycles. The number of nitrogens with one attached hydrogen (secondary N) is 1. The Hall–Kier alpha value is -2.06. The molecule has 0 fully saturated rings. The molecular weight excluding hydrogens is 214 g/mol. The van der Waals surface area contributed by atoms with Gasteiger partial charge in [0.1, 0.15) is 6.10 Å². The number of hydrogen-bond acceptors (Lipinski definition) is 7. The van der Waals surface area contributed by atoms with Gasteiger partial charge in [0.25, 0.3) is 5.56 Å². The molecule has 0 aliphatic carbocycles. The first-order chi connectivity index (χ1) is 7.61. The van der Waals surface area contributed by atoms with Crippen molar-refractivity contribution in [2.75, 3.05) is 12.3 Å². The van der Waals surface area contributed by atoms with E-state index in [0.717, 1.165) is 0 Å². The molecule has 0 radical (unpaired) electrons. The molecule has 84 valence electrons. The molecule has 0 spiro atoms. The van der Waals surface area contributed by atoms with Crippen LogP contribution in [0.25, 0.3) is 11.2 Å². The van der Waals surface area contributed by atoms with Crippen molar-refractivity contribution >= 4 is 17.1 Å². The summed E-state index contributed by atoms with van der Waals surface area (Å²) in [6.45, 7) is -0.500. The third kappa shape index (κ3) is 1.71. The Kier molecular flexibility index (Phi) is 2.50. The maximum atomic E-state index is 11.4. The fourth-order valence-electron chi connectivity index (χ4n) is 1.20. The predicted molar refractivity (Wildman–Crippen MR) is 54.4 cm³/mol. The monoisotopic (exact) mass is 223 g/mol. The van der Waals surface area contributed by atoms with Crippen molar-refractivity contribution in [2.45, 2.75) is 6.10 Å². The molecule has 16 heavy (non-hydrogen) atoms. The van der Waals surface area contributed by atoms with Gasteiger partial charge in [-0.3, -0.25) is 9.78 Å². The maximum Gasteiger partial charge on any atom is 0.280 e. The Balaban J connectivity index is 2.67. The van der Waals surface area contributed by atoms with E-state index in [1.54, 1.807) is 0 Å². The van der Waals surface area contributed by atoms with Crippen LogP contribution in [0.5, 0.6) is 0 Å². The van der Waals surface area contributed by atoms with Gasteiger partial charge in [-0.25, -0.2) is 9.97 Å². The summed E-state index contributed by atoms with van der Waals surface area (Å²) in [6.07, 6.45) is 0.0589. The number of nitrogen functional groups attached to an aromatic ring is 1. The van der Waals surface area contributed by atoms with Gasteiger partial charge < -0.3 is 15.9 Å². The van der Waals surface area contributed by atoms with E-state index in [9.17, 15) is 9.90 Å². The van der Waals surface area contributed by atoms with E-state index in [1.807, 2.05) is 0 Å². The van der Waals surface area contributed by atoms with Gasteiger partial charge in [0.15, 0.2) is 11.2 Å². The molecule has 1 atom stereocenters. The molecule has 0 unspecified atom stereocenters. The topological polar surface area (TPSA) is 138 Å². The average Bonchev–Trinajstić information content (AvgIpc) is 2.27. The zero-order valence-electron chi connectivity index (χ0n) is 8.08. The third-order valence-corrected chi connectivity index (χ3v) is 1.97. The second-order valence-electron chi connectivity index (χ2n) is 3.12. The summed E-state index contributed by atoms with van der Waals surface area (Å²) in [4.78, 5) is 25.1. The van der Waals surface area contributed by atoms with Crippen LogP contribution in [0.2, 0.25) is 0 Å². The number of hydrogen-bond donors (Lipinski definition) is 4. The minimum absolute atomic E-state index is 0.0285. The van der Waals surface area contributed by atoms with Crippen molar-refractivity contribution < 1.29 is 10.2 Å². The first-order valence-electron chi connectivity index (χ1n) is 4.43. The molecule has 2 aromatic rings. The lowest BCUT2D eigenvalue weighted by molar-refractivity contribution is 0.0922. The first-order valence-corrected chi connectivity index (χ1v) is 4.43. The number of anilines is 1. The summed E-state index contributed by atoms with van der Waals surface area (Å²) in [5.74, 6) is -0.0535. The van der Waals surface area contributed by atoms with Gasteiger partial charge in [0.05, 0.1) is 18.5 Å². The quantitative estimate of drug-likeness (QED) is 0.477. The van der Waals surface area contributed by atoms with Gasteiger partial charge in [-0.2, -0.15) is 4.98 Å². The fourth-order valence-corrected chi connectivity index (χ4v) is 1.20. The van der Waals surface area contributed by atoms with Crippen molar-refractivity contribution in [1.82, 2.24) is 19.9 Å².